The molecule has 0 aliphatic heterocycles. The van der Waals surface area contributed by atoms with Gasteiger partial charge in [0.05, 0.1) is 18.8 Å². The first kappa shape index (κ1) is 16.3. The second-order valence-corrected chi connectivity index (χ2v) is 7.63. The van der Waals surface area contributed by atoms with E-state index in [-0.39, 0.29) is 6.10 Å². The Labute approximate surface area is 124 Å². The number of ether oxygens (including phenoxy) is 1. The van der Waals surface area contributed by atoms with Gasteiger partial charge in [-0.3, -0.25) is 0 Å². The number of aliphatic hydroxyl groups is 1. The molecule has 2 aliphatic carbocycles. The van der Waals surface area contributed by atoms with Gasteiger partial charge in [0.25, 0.3) is 0 Å². The van der Waals surface area contributed by atoms with E-state index in [1.807, 2.05) is 0 Å². The van der Waals surface area contributed by atoms with Crippen LogP contribution in [-0.2, 0) is 4.74 Å². The fourth-order valence-electron chi connectivity index (χ4n) is 3.81. The summed E-state index contributed by atoms with van der Waals surface area (Å²) in [4.78, 5) is 0. The zero-order chi connectivity index (χ0) is 14.6. The van der Waals surface area contributed by atoms with E-state index in [0.29, 0.717) is 36.6 Å². The van der Waals surface area contributed by atoms with Crippen molar-refractivity contribution >= 4 is 0 Å². The fourth-order valence-corrected chi connectivity index (χ4v) is 3.81. The van der Waals surface area contributed by atoms with Crippen molar-refractivity contribution in [3.63, 3.8) is 0 Å². The third-order valence-corrected chi connectivity index (χ3v) is 5.39. The predicted molar refractivity (Wildman–Crippen MR) is 82.8 cm³/mol. The maximum atomic E-state index is 10.1. The fraction of sp³-hybridized carbons (Fsp3) is 1.00. The lowest BCUT2D eigenvalue weighted by atomic mass is 9.87. The molecule has 2 fully saturated rings. The highest BCUT2D eigenvalue weighted by atomic mass is 16.5. The lowest BCUT2D eigenvalue weighted by Crippen LogP contribution is -2.43. The lowest BCUT2D eigenvalue weighted by Gasteiger charge is -2.31. The molecule has 4 atom stereocenters. The van der Waals surface area contributed by atoms with Gasteiger partial charge in [0.1, 0.15) is 0 Å². The van der Waals surface area contributed by atoms with Gasteiger partial charge in [-0.2, -0.15) is 0 Å². The van der Waals surface area contributed by atoms with Crippen molar-refractivity contribution < 1.29 is 9.84 Å². The molecule has 3 heteroatoms. The topological polar surface area (TPSA) is 41.5 Å². The Morgan fingerprint density at radius 1 is 1.20 bits per heavy atom. The largest absolute Gasteiger partial charge is 0.389 e. The highest BCUT2D eigenvalue weighted by molar-refractivity contribution is 4.90. The number of rotatable bonds is 6. The Morgan fingerprint density at radius 3 is 2.60 bits per heavy atom. The van der Waals surface area contributed by atoms with Crippen LogP contribution in [0.1, 0.15) is 65.7 Å². The van der Waals surface area contributed by atoms with Crippen LogP contribution in [0.15, 0.2) is 0 Å². The lowest BCUT2D eigenvalue weighted by molar-refractivity contribution is -0.0461. The highest BCUT2D eigenvalue weighted by Gasteiger charge is 2.34. The van der Waals surface area contributed by atoms with Gasteiger partial charge in [0.15, 0.2) is 0 Å². The van der Waals surface area contributed by atoms with Crippen molar-refractivity contribution in [2.75, 3.05) is 13.2 Å². The molecule has 118 valence electrons. The van der Waals surface area contributed by atoms with Crippen LogP contribution in [0.3, 0.4) is 0 Å². The molecule has 0 heterocycles. The molecule has 0 radical (unpaired) electrons. The minimum absolute atomic E-state index is 0.362. The predicted octanol–water partition coefficient (Wildman–Crippen LogP) is 3.11. The van der Waals surface area contributed by atoms with Crippen LogP contribution in [0.5, 0.6) is 0 Å². The van der Waals surface area contributed by atoms with Crippen LogP contribution in [-0.4, -0.2) is 36.5 Å². The second-order valence-electron chi connectivity index (χ2n) is 7.63. The first-order valence-corrected chi connectivity index (χ1v) is 8.52. The smallest absolute Gasteiger partial charge is 0.0897 e. The maximum Gasteiger partial charge on any atom is 0.0897 e. The van der Waals surface area contributed by atoms with Crippen LogP contribution in [0, 0.1) is 11.3 Å². The molecule has 0 bridgehead atoms. The molecule has 0 spiro atoms. The number of nitrogens with one attached hydrogen (secondary N) is 1. The van der Waals surface area contributed by atoms with E-state index < -0.39 is 0 Å². The summed E-state index contributed by atoms with van der Waals surface area (Å²) in [6, 6.07) is 0.547. The quantitative estimate of drug-likeness (QED) is 0.787. The van der Waals surface area contributed by atoms with E-state index >= 15 is 0 Å². The Kier molecular flexibility index (Phi) is 5.88. The van der Waals surface area contributed by atoms with Crippen molar-refractivity contribution in [1.82, 2.24) is 5.32 Å². The first-order valence-electron chi connectivity index (χ1n) is 8.52. The summed E-state index contributed by atoms with van der Waals surface area (Å²) in [5.74, 6) is 0.651. The minimum atomic E-state index is -0.375. The summed E-state index contributed by atoms with van der Waals surface area (Å²) < 4.78 is 5.93. The summed E-state index contributed by atoms with van der Waals surface area (Å²) in [5.41, 5.74) is 0.373. The third kappa shape index (κ3) is 4.44. The summed E-state index contributed by atoms with van der Waals surface area (Å²) in [5, 5.41) is 13.6. The van der Waals surface area contributed by atoms with E-state index in [1.54, 1.807) is 0 Å². The Hall–Kier alpha value is -0.120. The van der Waals surface area contributed by atoms with Gasteiger partial charge < -0.3 is 15.2 Å². The molecule has 2 N–H and O–H groups in total. The number of hydrogen-bond acceptors (Lipinski definition) is 3. The molecule has 4 unspecified atom stereocenters. The van der Waals surface area contributed by atoms with Crippen molar-refractivity contribution in [1.29, 1.82) is 0 Å². The molecule has 2 rings (SSSR count). The normalized spacial score (nSPS) is 35.1. The van der Waals surface area contributed by atoms with E-state index in [0.717, 1.165) is 6.42 Å². The second kappa shape index (κ2) is 7.24. The molecule has 0 aromatic rings. The van der Waals surface area contributed by atoms with Crippen molar-refractivity contribution in [2.45, 2.75) is 84.0 Å². The Bertz CT molecular complexity index is 293. The average Bonchev–Trinajstić information content (AvgIpc) is 2.74. The molecule has 0 aromatic heterocycles. The van der Waals surface area contributed by atoms with E-state index in [1.165, 1.54) is 38.5 Å². The SMILES string of the molecule is CC1CCCCC1OCC(O)CNC1CCCC1(C)C. The van der Waals surface area contributed by atoms with Crippen LogP contribution in [0.25, 0.3) is 0 Å². The maximum absolute atomic E-state index is 10.1. The monoisotopic (exact) mass is 283 g/mol. The average molecular weight is 283 g/mol. The molecule has 20 heavy (non-hydrogen) atoms. The number of aliphatic hydroxyl groups excluding tert-OH is 1. The molecule has 2 aliphatic rings. The van der Waals surface area contributed by atoms with Crippen molar-refractivity contribution in [2.24, 2.45) is 11.3 Å². The van der Waals surface area contributed by atoms with Crippen molar-refractivity contribution in [3.05, 3.63) is 0 Å². The summed E-state index contributed by atoms with van der Waals surface area (Å²) in [6.07, 6.45) is 8.86. The van der Waals surface area contributed by atoms with Crippen LogP contribution >= 0.6 is 0 Å². The van der Waals surface area contributed by atoms with E-state index in [9.17, 15) is 5.11 Å². The van der Waals surface area contributed by atoms with Gasteiger partial charge in [-0.15, -0.1) is 0 Å². The molecule has 0 amide bonds. The van der Waals surface area contributed by atoms with Gasteiger partial charge in [-0.1, -0.05) is 40.0 Å². The van der Waals surface area contributed by atoms with Crippen LogP contribution < -0.4 is 5.32 Å². The van der Waals surface area contributed by atoms with Crippen LogP contribution in [0.4, 0.5) is 0 Å². The van der Waals surface area contributed by atoms with Crippen molar-refractivity contribution in [3.8, 4) is 0 Å². The third-order valence-electron chi connectivity index (χ3n) is 5.39. The Balaban J connectivity index is 1.64. The standard InChI is InChI=1S/C17H33NO2/c1-13-7-4-5-8-15(13)20-12-14(19)11-18-16-9-6-10-17(16,2)3/h13-16,18-19H,4-12H2,1-3H3. The van der Waals surface area contributed by atoms with E-state index in [2.05, 4.69) is 26.1 Å². The first-order chi connectivity index (χ1) is 9.49. The van der Waals surface area contributed by atoms with E-state index in [4.69, 9.17) is 4.74 Å². The minimum Gasteiger partial charge on any atom is -0.389 e. The van der Waals surface area contributed by atoms with Gasteiger partial charge in [-0.25, -0.2) is 0 Å². The molecule has 0 aromatic carbocycles. The van der Waals surface area contributed by atoms with Gasteiger partial charge in [0.2, 0.25) is 0 Å². The van der Waals surface area contributed by atoms with Gasteiger partial charge in [0, 0.05) is 12.6 Å². The zero-order valence-corrected chi connectivity index (χ0v) is 13.5. The number of hydrogen-bond donors (Lipinski definition) is 2. The van der Waals surface area contributed by atoms with Crippen LogP contribution in [0.2, 0.25) is 0 Å². The molecular weight excluding hydrogens is 250 g/mol. The zero-order valence-electron chi connectivity index (χ0n) is 13.5. The summed E-state index contributed by atoms with van der Waals surface area (Å²) in [6.45, 7) is 8.06. The van der Waals surface area contributed by atoms with Gasteiger partial charge >= 0.3 is 0 Å². The summed E-state index contributed by atoms with van der Waals surface area (Å²) in [7, 11) is 0. The highest BCUT2D eigenvalue weighted by Crippen LogP contribution is 2.37. The summed E-state index contributed by atoms with van der Waals surface area (Å²) >= 11 is 0. The van der Waals surface area contributed by atoms with Gasteiger partial charge in [-0.05, 0) is 37.0 Å². The molecule has 3 nitrogen and oxygen atoms in total. The Morgan fingerprint density at radius 2 is 1.95 bits per heavy atom. The molecule has 0 saturated heterocycles. The molecular formula is C17H33NO2. The molecule has 2 saturated carbocycles.